The predicted molar refractivity (Wildman–Crippen MR) is 67.8 cm³/mol. The van der Waals surface area contributed by atoms with Crippen molar-refractivity contribution in [2.45, 2.75) is 18.7 Å². The average molecular weight is 271 g/mol. The Kier molecular flexibility index (Phi) is 5.64. The molecule has 1 rings (SSSR count). The van der Waals surface area contributed by atoms with Gasteiger partial charge in [0, 0.05) is 5.75 Å². The summed E-state index contributed by atoms with van der Waals surface area (Å²) in [6.45, 7) is 1.41. The molecular weight excluding hydrogens is 257 g/mol. The Morgan fingerprint density at radius 3 is 2.56 bits per heavy atom. The highest BCUT2D eigenvalue weighted by atomic mass is 32.2. The molecule has 0 aromatic heterocycles. The molecule has 18 heavy (non-hydrogen) atoms. The number of nitrogens with one attached hydrogen (secondary N) is 1. The second kappa shape index (κ2) is 7.00. The predicted octanol–water partition coefficient (Wildman–Crippen LogP) is 1.65. The molecular formula is C12H14FNO3S. The smallest absolute Gasteiger partial charge is 0.325 e. The van der Waals surface area contributed by atoms with Gasteiger partial charge >= 0.3 is 5.97 Å². The molecule has 0 aliphatic rings. The molecule has 1 aromatic rings. The van der Waals surface area contributed by atoms with Crippen molar-refractivity contribution in [1.82, 2.24) is 5.32 Å². The summed E-state index contributed by atoms with van der Waals surface area (Å²) in [5.41, 5.74) is 0.917. The van der Waals surface area contributed by atoms with Crippen molar-refractivity contribution in [3.63, 3.8) is 0 Å². The van der Waals surface area contributed by atoms with Gasteiger partial charge < -0.3 is 10.4 Å². The maximum atomic E-state index is 12.6. The van der Waals surface area contributed by atoms with Gasteiger partial charge in [-0.2, -0.15) is 0 Å². The molecule has 1 aromatic carbocycles. The lowest BCUT2D eigenvalue weighted by molar-refractivity contribution is -0.140. The molecule has 1 amide bonds. The first-order valence-corrected chi connectivity index (χ1v) is 6.49. The first-order valence-electron chi connectivity index (χ1n) is 5.33. The SMILES string of the molecule is C[C@@H](NC(=O)CSCc1ccc(F)cc1)C(=O)O. The Bertz CT molecular complexity index is 422. The highest BCUT2D eigenvalue weighted by Gasteiger charge is 2.13. The van der Waals surface area contributed by atoms with Crippen LogP contribution < -0.4 is 5.32 Å². The molecule has 0 radical (unpaired) electrons. The molecule has 2 N–H and O–H groups in total. The molecule has 0 saturated carbocycles. The van der Waals surface area contributed by atoms with E-state index < -0.39 is 12.0 Å². The minimum absolute atomic E-state index is 0.176. The monoisotopic (exact) mass is 271 g/mol. The van der Waals surface area contributed by atoms with E-state index in [0.29, 0.717) is 5.75 Å². The fourth-order valence-electron chi connectivity index (χ4n) is 1.19. The van der Waals surface area contributed by atoms with Crippen molar-refractivity contribution in [2.24, 2.45) is 0 Å². The first-order chi connectivity index (χ1) is 8.49. The van der Waals surface area contributed by atoms with Gasteiger partial charge in [-0.3, -0.25) is 9.59 Å². The Morgan fingerprint density at radius 1 is 1.39 bits per heavy atom. The topological polar surface area (TPSA) is 66.4 Å². The number of hydrogen-bond donors (Lipinski definition) is 2. The molecule has 4 nitrogen and oxygen atoms in total. The minimum atomic E-state index is -1.06. The van der Waals surface area contributed by atoms with Gasteiger partial charge in [-0.15, -0.1) is 11.8 Å². The van der Waals surface area contributed by atoms with Gasteiger partial charge in [0.05, 0.1) is 5.75 Å². The largest absolute Gasteiger partial charge is 0.480 e. The molecule has 0 unspecified atom stereocenters. The van der Waals surface area contributed by atoms with Crippen LogP contribution in [0.2, 0.25) is 0 Å². The molecule has 0 spiro atoms. The van der Waals surface area contributed by atoms with Crippen LogP contribution in [0.15, 0.2) is 24.3 Å². The minimum Gasteiger partial charge on any atom is -0.480 e. The summed E-state index contributed by atoms with van der Waals surface area (Å²) in [7, 11) is 0. The summed E-state index contributed by atoms with van der Waals surface area (Å²) in [6.07, 6.45) is 0. The van der Waals surface area contributed by atoms with Crippen LogP contribution >= 0.6 is 11.8 Å². The summed E-state index contributed by atoms with van der Waals surface area (Å²) in [4.78, 5) is 21.9. The van der Waals surface area contributed by atoms with Gasteiger partial charge in [-0.25, -0.2) is 4.39 Å². The lowest BCUT2D eigenvalue weighted by Gasteiger charge is -2.08. The van der Waals surface area contributed by atoms with Gasteiger partial charge in [0.1, 0.15) is 11.9 Å². The third-order valence-electron chi connectivity index (χ3n) is 2.16. The van der Waals surface area contributed by atoms with Crippen LogP contribution in [0.25, 0.3) is 0 Å². The van der Waals surface area contributed by atoms with Crippen LogP contribution in [0.5, 0.6) is 0 Å². The summed E-state index contributed by atoms with van der Waals surface area (Å²) in [5.74, 6) is -0.926. The number of carboxylic acid groups (broad SMARTS) is 1. The quantitative estimate of drug-likeness (QED) is 0.825. The van der Waals surface area contributed by atoms with Crippen molar-refractivity contribution in [1.29, 1.82) is 0 Å². The van der Waals surface area contributed by atoms with E-state index in [1.807, 2.05) is 0 Å². The fourth-order valence-corrected chi connectivity index (χ4v) is 1.99. The molecule has 0 bridgehead atoms. The van der Waals surface area contributed by atoms with E-state index >= 15 is 0 Å². The van der Waals surface area contributed by atoms with E-state index in [1.165, 1.54) is 30.8 Å². The molecule has 0 aliphatic carbocycles. The highest BCUT2D eigenvalue weighted by Crippen LogP contribution is 2.12. The molecule has 98 valence electrons. The second-order valence-corrected chi connectivity index (χ2v) is 4.73. The first kappa shape index (κ1) is 14.5. The van der Waals surface area contributed by atoms with E-state index in [9.17, 15) is 14.0 Å². The van der Waals surface area contributed by atoms with Gasteiger partial charge in [0.25, 0.3) is 0 Å². The molecule has 6 heteroatoms. The zero-order valence-electron chi connectivity index (χ0n) is 9.85. The number of carbonyl (C=O) groups excluding carboxylic acids is 1. The van der Waals surface area contributed by atoms with E-state index in [2.05, 4.69) is 5.32 Å². The van der Waals surface area contributed by atoms with Crippen molar-refractivity contribution < 1.29 is 19.1 Å². The van der Waals surface area contributed by atoms with Crippen LogP contribution in [-0.2, 0) is 15.3 Å². The van der Waals surface area contributed by atoms with E-state index in [1.54, 1.807) is 12.1 Å². The Morgan fingerprint density at radius 2 is 2.00 bits per heavy atom. The maximum absolute atomic E-state index is 12.6. The van der Waals surface area contributed by atoms with Crippen molar-refractivity contribution in [3.05, 3.63) is 35.6 Å². The van der Waals surface area contributed by atoms with E-state index in [0.717, 1.165) is 5.56 Å². The van der Waals surface area contributed by atoms with Crippen LogP contribution in [0, 0.1) is 5.82 Å². The van der Waals surface area contributed by atoms with Crippen molar-refractivity contribution in [3.8, 4) is 0 Å². The number of rotatable bonds is 6. The number of carboxylic acids is 1. The second-order valence-electron chi connectivity index (χ2n) is 3.75. The summed E-state index contributed by atoms with van der Waals surface area (Å²) >= 11 is 1.35. The summed E-state index contributed by atoms with van der Waals surface area (Å²) in [5, 5.41) is 11.0. The zero-order valence-corrected chi connectivity index (χ0v) is 10.7. The van der Waals surface area contributed by atoms with E-state index in [-0.39, 0.29) is 17.5 Å². The molecule has 0 aliphatic heterocycles. The molecule has 0 heterocycles. The Labute approximate surface area is 109 Å². The number of thioether (sulfide) groups is 1. The number of benzene rings is 1. The lowest BCUT2D eigenvalue weighted by Crippen LogP contribution is -2.39. The Hall–Kier alpha value is -1.56. The molecule has 0 fully saturated rings. The van der Waals surface area contributed by atoms with Crippen LogP contribution in [0.3, 0.4) is 0 Å². The highest BCUT2D eigenvalue weighted by molar-refractivity contribution is 7.99. The number of halogens is 1. The number of hydrogen-bond acceptors (Lipinski definition) is 3. The average Bonchev–Trinajstić information content (AvgIpc) is 2.31. The third kappa shape index (κ3) is 5.18. The van der Waals surface area contributed by atoms with Crippen LogP contribution in [0.1, 0.15) is 12.5 Å². The number of aliphatic carboxylic acids is 1. The summed E-state index contributed by atoms with van der Waals surface area (Å²) in [6, 6.07) is 5.15. The maximum Gasteiger partial charge on any atom is 0.325 e. The Balaban J connectivity index is 2.27. The van der Waals surface area contributed by atoms with Crippen molar-refractivity contribution >= 4 is 23.6 Å². The zero-order chi connectivity index (χ0) is 13.5. The van der Waals surface area contributed by atoms with Gasteiger partial charge in [0.15, 0.2) is 0 Å². The molecule has 0 saturated heterocycles. The van der Waals surface area contributed by atoms with Crippen molar-refractivity contribution in [2.75, 3.05) is 5.75 Å². The van der Waals surface area contributed by atoms with Gasteiger partial charge in [-0.05, 0) is 24.6 Å². The van der Waals surface area contributed by atoms with Gasteiger partial charge in [-0.1, -0.05) is 12.1 Å². The summed E-state index contributed by atoms with van der Waals surface area (Å²) < 4.78 is 12.6. The van der Waals surface area contributed by atoms with Crippen LogP contribution in [0.4, 0.5) is 4.39 Å². The number of amides is 1. The molecule has 1 atom stereocenters. The standard InChI is InChI=1S/C12H14FNO3S/c1-8(12(16)17)14-11(15)7-18-6-9-2-4-10(13)5-3-9/h2-5,8H,6-7H2,1H3,(H,14,15)(H,16,17)/t8-/m1/s1. The van der Waals surface area contributed by atoms with E-state index in [4.69, 9.17) is 5.11 Å². The van der Waals surface area contributed by atoms with Crippen LogP contribution in [-0.4, -0.2) is 28.8 Å². The lowest BCUT2D eigenvalue weighted by atomic mass is 10.2. The van der Waals surface area contributed by atoms with Gasteiger partial charge in [0.2, 0.25) is 5.91 Å². The fraction of sp³-hybridized carbons (Fsp3) is 0.333. The third-order valence-corrected chi connectivity index (χ3v) is 3.17. The normalized spacial score (nSPS) is 11.9. The number of carbonyl (C=O) groups is 2.